The van der Waals surface area contributed by atoms with E-state index in [0.717, 1.165) is 12.8 Å². The van der Waals surface area contributed by atoms with Gasteiger partial charge in [0, 0.05) is 5.56 Å². The van der Waals surface area contributed by atoms with Gasteiger partial charge in [0.05, 0.1) is 4.83 Å². The molecule has 3 heteroatoms. The highest BCUT2D eigenvalue weighted by molar-refractivity contribution is 9.10. The lowest BCUT2D eigenvalue weighted by molar-refractivity contribution is 0.0962. The maximum Gasteiger partial charge on any atom is 0.176 e. The Labute approximate surface area is 110 Å². The zero-order valence-electron chi connectivity index (χ0n) is 9.66. The van der Waals surface area contributed by atoms with Gasteiger partial charge in [-0.2, -0.15) is 0 Å². The Hall–Kier alpha value is -0.700. The highest BCUT2D eigenvalue weighted by Gasteiger charge is 2.27. The van der Waals surface area contributed by atoms with E-state index in [9.17, 15) is 9.18 Å². The molecule has 2 rings (SSSR count). The highest BCUT2D eigenvalue weighted by Crippen LogP contribution is 2.31. The molecule has 1 atom stereocenters. The molecule has 1 aromatic rings. The van der Waals surface area contributed by atoms with E-state index in [-0.39, 0.29) is 16.4 Å². The maximum atomic E-state index is 12.8. The Kier molecular flexibility index (Phi) is 4.32. The van der Waals surface area contributed by atoms with Gasteiger partial charge in [-0.1, -0.05) is 35.2 Å². The molecule has 0 amide bonds. The van der Waals surface area contributed by atoms with Crippen molar-refractivity contribution in [3.8, 4) is 0 Å². The molecule has 1 saturated carbocycles. The molecule has 1 unspecified atom stereocenters. The maximum absolute atomic E-state index is 12.8. The lowest BCUT2D eigenvalue weighted by Crippen LogP contribution is -2.26. The predicted molar refractivity (Wildman–Crippen MR) is 70.0 cm³/mol. The number of benzene rings is 1. The second kappa shape index (κ2) is 5.76. The third-order valence-electron chi connectivity index (χ3n) is 3.44. The predicted octanol–water partition coefficient (Wildman–Crippen LogP) is 4.35. The number of carbonyl (C=O) groups is 1. The SMILES string of the molecule is O=C(c1ccc(F)cc1)C(Br)C1CCCCC1. The Morgan fingerprint density at radius 1 is 1.18 bits per heavy atom. The van der Waals surface area contributed by atoms with Gasteiger partial charge in [0.1, 0.15) is 5.82 Å². The molecule has 1 nitrogen and oxygen atoms in total. The number of ketones is 1. The number of rotatable bonds is 3. The molecule has 0 spiro atoms. The van der Waals surface area contributed by atoms with Crippen LogP contribution in [0.2, 0.25) is 0 Å². The molecule has 0 aromatic heterocycles. The minimum absolute atomic E-state index is 0.0805. The van der Waals surface area contributed by atoms with Crippen molar-refractivity contribution >= 4 is 21.7 Å². The van der Waals surface area contributed by atoms with E-state index in [4.69, 9.17) is 0 Å². The number of halogens is 2. The molecule has 92 valence electrons. The van der Waals surface area contributed by atoms with E-state index >= 15 is 0 Å². The number of hydrogen-bond acceptors (Lipinski definition) is 1. The van der Waals surface area contributed by atoms with Crippen molar-refractivity contribution in [2.45, 2.75) is 36.9 Å². The smallest absolute Gasteiger partial charge is 0.176 e. The summed E-state index contributed by atoms with van der Waals surface area (Å²) in [5, 5.41) is 0. The van der Waals surface area contributed by atoms with Crippen LogP contribution in [0.25, 0.3) is 0 Å². The summed E-state index contributed by atoms with van der Waals surface area (Å²) in [5.41, 5.74) is 0.596. The quantitative estimate of drug-likeness (QED) is 0.599. The summed E-state index contributed by atoms with van der Waals surface area (Å²) in [4.78, 5) is 12.1. The minimum atomic E-state index is -0.301. The zero-order chi connectivity index (χ0) is 12.3. The molecule has 1 fully saturated rings. The van der Waals surface area contributed by atoms with Crippen molar-refractivity contribution in [2.75, 3.05) is 0 Å². The van der Waals surface area contributed by atoms with Gasteiger partial charge in [0.25, 0.3) is 0 Å². The summed E-state index contributed by atoms with van der Waals surface area (Å²) in [6, 6.07) is 5.81. The number of hydrogen-bond donors (Lipinski definition) is 0. The van der Waals surface area contributed by atoms with Crippen LogP contribution in [0.1, 0.15) is 42.5 Å². The third-order valence-corrected chi connectivity index (χ3v) is 4.61. The molecule has 0 aliphatic heterocycles. The first-order valence-electron chi connectivity index (χ1n) is 6.12. The first kappa shape index (κ1) is 12.7. The fraction of sp³-hybridized carbons (Fsp3) is 0.500. The minimum Gasteiger partial charge on any atom is -0.293 e. The molecular weight excluding hydrogens is 283 g/mol. The first-order chi connectivity index (χ1) is 8.18. The van der Waals surface area contributed by atoms with Gasteiger partial charge in [-0.3, -0.25) is 4.79 Å². The van der Waals surface area contributed by atoms with Crippen LogP contribution in [0, 0.1) is 11.7 Å². The summed E-state index contributed by atoms with van der Waals surface area (Å²) in [5.74, 6) is 0.212. The van der Waals surface area contributed by atoms with E-state index in [1.165, 1.54) is 31.4 Å². The fourth-order valence-corrected chi connectivity index (χ4v) is 3.21. The average Bonchev–Trinajstić information content (AvgIpc) is 2.39. The van der Waals surface area contributed by atoms with Crippen molar-refractivity contribution in [1.82, 2.24) is 0 Å². The first-order valence-corrected chi connectivity index (χ1v) is 7.04. The molecule has 1 aromatic carbocycles. The van der Waals surface area contributed by atoms with Crippen LogP contribution in [0.4, 0.5) is 4.39 Å². The van der Waals surface area contributed by atoms with Gasteiger partial charge in [0.15, 0.2) is 5.78 Å². The van der Waals surface area contributed by atoms with Crippen LogP contribution in [0.3, 0.4) is 0 Å². The van der Waals surface area contributed by atoms with Crippen molar-refractivity contribution < 1.29 is 9.18 Å². The largest absolute Gasteiger partial charge is 0.293 e. The Morgan fingerprint density at radius 2 is 1.76 bits per heavy atom. The zero-order valence-corrected chi connectivity index (χ0v) is 11.2. The van der Waals surface area contributed by atoms with E-state index in [2.05, 4.69) is 15.9 Å². The van der Waals surface area contributed by atoms with Crippen molar-refractivity contribution in [3.05, 3.63) is 35.6 Å². The molecule has 0 heterocycles. The van der Waals surface area contributed by atoms with Crippen LogP contribution in [0.15, 0.2) is 24.3 Å². The van der Waals surface area contributed by atoms with E-state index in [1.54, 1.807) is 12.1 Å². The lowest BCUT2D eigenvalue weighted by atomic mass is 9.84. The lowest BCUT2D eigenvalue weighted by Gasteiger charge is -2.25. The van der Waals surface area contributed by atoms with Crippen LogP contribution in [-0.4, -0.2) is 10.6 Å². The summed E-state index contributed by atoms with van der Waals surface area (Å²) in [6.45, 7) is 0. The summed E-state index contributed by atoms with van der Waals surface area (Å²) < 4.78 is 12.8. The summed E-state index contributed by atoms with van der Waals surface area (Å²) in [7, 11) is 0. The second-order valence-electron chi connectivity index (χ2n) is 4.67. The summed E-state index contributed by atoms with van der Waals surface area (Å²) in [6.07, 6.45) is 5.93. The van der Waals surface area contributed by atoms with Crippen molar-refractivity contribution in [2.24, 2.45) is 5.92 Å². The highest BCUT2D eigenvalue weighted by atomic mass is 79.9. The second-order valence-corrected chi connectivity index (χ2v) is 5.66. The Balaban J connectivity index is 2.05. The Morgan fingerprint density at radius 3 is 2.35 bits per heavy atom. The molecule has 0 bridgehead atoms. The molecule has 0 N–H and O–H groups in total. The van der Waals surface area contributed by atoms with Gasteiger partial charge in [-0.05, 0) is 43.0 Å². The van der Waals surface area contributed by atoms with Crippen LogP contribution in [0.5, 0.6) is 0 Å². The topological polar surface area (TPSA) is 17.1 Å². The normalized spacial score (nSPS) is 18.9. The molecular formula is C14H16BrFO. The van der Waals surface area contributed by atoms with Gasteiger partial charge in [-0.15, -0.1) is 0 Å². The average molecular weight is 299 g/mol. The third kappa shape index (κ3) is 3.15. The van der Waals surface area contributed by atoms with Crippen LogP contribution < -0.4 is 0 Å². The number of carbonyl (C=O) groups excluding carboxylic acids is 1. The Bertz CT molecular complexity index is 382. The standard InChI is InChI=1S/C14H16BrFO/c15-13(10-4-2-1-3-5-10)14(17)11-6-8-12(16)9-7-11/h6-10,13H,1-5H2. The molecule has 0 radical (unpaired) electrons. The fourth-order valence-electron chi connectivity index (χ4n) is 2.41. The van der Waals surface area contributed by atoms with E-state index in [1.807, 2.05) is 0 Å². The van der Waals surface area contributed by atoms with Crippen molar-refractivity contribution in [1.29, 1.82) is 0 Å². The number of alkyl halides is 1. The monoisotopic (exact) mass is 298 g/mol. The van der Waals surface area contributed by atoms with Crippen molar-refractivity contribution in [3.63, 3.8) is 0 Å². The molecule has 17 heavy (non-hydrogen) atoms. The molecule has 1 aliphatic rings. The van der Waals surface area contributed by atoms with E-state index < -0.39 is 0 Å². The number of Topliss-reactive ketones (excluding diaryl/α,β-unsaturated/α-hetero) is 1. The van der Waals surface area contributed by atoms with Gasteiger partial charge in [-0.25, -0.2) is 4.39 Å². The molecule has 1 aliphatic carbocycles. The van der Waals surface area contributed by atoms with Crippen LogP contribution >= 0.6 is 15.9 Å². The molecule has 0 saturated heterocycles. The van der Waals surface area contributed by atoms with Gasteiger partial charge in [0.2, 0.25) is 0 Å². The summed E-state index contributed by atoms with van der Waals surface area (Å²) >= 11 is 3.52. The van der Waals surface area contributed by atoms with Gasteiger partial charge < -0.3 is 0 Å². The van der Waals surface area contributed by atoms with Crippen LogP contribution in [-0.2, 0) is 0 Å². The van der Waals surface area contributed by atoms with Gasteiger partial charge >= 0.3 is 0 Å². The van der Waals surface area contributed by atoms with E-state index in [0.29, 0.717) is 11.5 Å².